The minimum Gasteiger partial charge on any atom is -0.493 e. The van der Waals surface area contributed by atoms with E-state index in [1.165, 1.54) is 26.2 Å². The van der Waals surface area contributed by atoms with Gasteiger partial charge in [-0.15, -0.1) is 0 Å². The molecule has 0 aliphatic rings. The molecule has 1 N–H and O–H groups in total. The van der Waals surface area contributed by atoms with Gasteiger partial charge in [0.1, 0.15) is 0 Å². The Morgan fingerprint density at radius 2 is 1.65 bits per heavy atom. The van der Waals surface area contributed by atoms with Crippen molar-refractivity contribution in [3.8, 4) is 17.2 Å². The Kier molecular flexibility index (Phi) is 6.68. The van der Waals surface area contributed by atoms with Crippen LogP contribution in [0.1, 0.15) is 12.5 Å². The molecule has 0 aromatic heterocycles. The number of benzene rings is 1. The van der Waals surface area contributed by atoms with Gasteiger partial charge in [0.15, 0.2) is 11.5 Å². The van der Waals surface area contributed by atoms with Crippen LogP contribution in [0.25, 0.3) is 0 Å². The zero-order chi connectivity index (χ0) is 17.6. The fourth-order valence-electron chi connectivity index (χ4n) is 2.14. The summed E-state index contributed by atoms with van der Waals surface area (Å²) in [6.07, 6.45) is 0.111. The average Bonchev–Trinajstić information content (AvgIpc) is 2.53. The lowest BCUT2D eigenvalue weighted by molar-refractivity contribution is -0.142. The van der Waals surface area contributed by atoms with Crippen LogP contribution in [0.4, 0.5) is 0 Å². The topological polar surface area (TPSA) is 85.3 Å². The third kappa shape index (κ3) is 4.77. The van der Waals surface area contributed by atoms with E-state index in [4.69, 9.17) is 19.3 Å². The van der Waals surface area contributed by atoms with Gasteiger partial charge in [0, 0.05) is 13.6 Å². The first-order chi connectivity index (χ1) is 10.8. The highest BCUT2D eigenvalue weighted by atomic mass is 16.5. The molecule has 23 heavy (non-hydrogen) atoms. The Bertz CT molecular complexity index is 547. The Balaban J connectivity index is 2.91. The zero-order valence-corrected chi connectivity index (χ0v) is 14.1. The van der Waals surface area contributed by atoms with Gasteiger partial charge in [-0.3, -0.25) is 9.59 Å². The van der Waals surface area contributed by atoms with Crippen LogP contribution in [0.2, 0.25) is 0 Å². The molecule has 128 valence electrons. The van der Waals surface area contributed by atoms with Gasteiger partial charge in [0.25, 0.3) is 0 Å². The molecular weight excluding hydrogens is 302 g/mol. The lowest BCUT2D eigenvalue weighted by atomic mass is 10.1. The monoisotopic (exact) mass is 325 g/mol. The number of nitrogens with zero attached hydrogens (tertiary/aromatic N) is 1. The molecule has 1 amide bonds. The number of ether oxygens (including phenoxy) is 3. The van der Waals surface area contributed by atoms with E-state index in [1.54, 1.807) is 26.1 Å². The van der Waals surface area contributed by atoms with Crippen molar-refractivity contribution in [3.05, 3.63) is 17.7 Å². The molecule has 0 saturated heterocycles. The molecule has 0 bridgehead atoms. The maximum atomic E-state index is 12.2. The quantitative estimate of drug-likeness (QED) is 0.778. The largest absolute Gasteiger partial charge is 0.493 e. The van der Waals surface area contributed by atoms with E-state index in [0.717, 1.165) is 0 Å². The highest BCUT2D eigenvalue weighted by Crippen LogP contribution is 2.38. The zero-order valence-electron chi connectivity index (χ0n) is 14.1. The second-order valence-electron chi connectivity index (χ2n) is 5.22. The van der Waals surface area contributed by atoms with Gasteiger partial charge in [-0.2, -0.15) is 0 Å². The third-order valence-corrected chi connectivity index (χ3v) is 3.47. The summed E-state index contributed by atoms with van der Waals surface area (Å²) in [7, 11) is 6.10. The fraction of sp³-hybridized carbons (Fsp3) is 0.500. The molecule has 0 saturated carbocycles. The molecule has 1 rings (SSSR count). The standard InChI is InChI=1S/C16H23NO6/c1-10(16(19)20)9-17(2)14(18)8-11-6-12(21-3)15(23-5)13(7-11)22-4/h6-7,10H,8-9H2,1-5H3,(H,19,20). The number of methoxy groups -OCH3 is 3. The van der Waals surface area contributed by atoms with Gasteiger partial charge in [-0.05, 0) is 17.7 Å². The summed E-state index contributed by atoms with van der Waals surface area (Å²) in [5.74, 6) is -0.347. The number of likely N-dealkylation sites (N-methyl/N-ethyl adjacent to an activating group) is 1. The smallest absolute Gasteiger partial charge is 0.308 e. The van der Waals surface area contributed by atoms with Crippen molar-refractivity contribution in [2.45, 2.75) is 13.3 Å². The first-order valence-corrected chi connectivity index (χ1v) is 7.09. The number of carbonyl (C=O) groups is 2. The number of rotatable bonds is 8. The summed E-state index contributed by atoms with van der Waals surface area (Å²) in [6.45, 7) is 1.71. The maximum absolute atomic E-state index is 12.2. The lowest BCUT2D eigenvalue weighted by Gasteiger charge is -2.20. The van der Waals surface area contributed by atoms with E-state index in [0.29, 0.717) is 22.8 Å². The van der Waals surface area contributed by atoms with Crippen LogP contribution in [0.5, 0.6) is 17.2 Å². The molecule has 1 atom stereocenters. The Morgan fingerprint density at radius 3 is 2.04 bits per heavy atom. The van der Waals surface area contributed by atoms with Gasteiger partial charge in [0.2, 0.25) is 11.7 Å². The lowest BCUT2D eigenvalue weighted by Crippen LogP contribution is -2.34. The summed E-state index contributed by atoms with van der Waals surface area (Å²) in [6, 6.07) is 3.40. The predicted molar refractivity (Wildman–Crippen MR) is 84.2 cm³/mol. The number of amides is 1. The van der Waals surface area contributed by atoms with Crippen molar-refractivity contribution in [2.75, 3.05) is 34.9 Å². The van der Waals surface area contributed by atoms with Gasteiger partial charge >= 0.3 is 5.97 Å². The van der Waals surface area contributed by atoms with Crippen LogP contribution in [0, 0.1) is 5.92 Å². The van der Waals surface area contributed by atoms with E-state index in [9.17, 15) is 9.59 Å². The maximum Gasteiger partial charge on any atom is 0.308 e. The highest BCUT2D eigenvalue weighted by Gasteiger charge is 2.19. The predicted octanol–water partition coefficient (Wildman–Crippen LogP) is 1.43. The molecule has 0 radical (unpaired) electrons. The van der Waals surface area contributed by atoms with Crippen molar-refractivity contribution in [3.63, 3.8) is 0 Å². The molecular formula is C16H23NO6. The first kappa shape index (κ1) is 18.6. The van der Waals surface area contributed by atoms with Crippen molar-refractivity contribution in [2.24, 2.45) is 5.92 Å². The normalized spacial score (nSPS) is 11.5. The Labute approximate surface area is 135 Å². The number of carboxylic acid groups (broad SMARTS) is 1. The second-order valence-corrected chi connectivity index (χ2v) is 5.22. The third-order valence-electron chi connectivity index (χ3n) is 3.47. The van der Waals surface area contributed by atoms with Crippen LogP contribution in [-0.2, 0) is 16.0 Å². The number of carboxylic acids is 1. The van der Waals surface area contributed by atoms with Gasteiger partial charge in [-0.25, -0.2) is 0 Å². The van der Waals surface area contributed by atoms with Crippen molar-refractivity contribution >= 4 is 11.9 Å². The van der Waals surface area contributed by atoms with E-state index < -0.39 is 11.9 Å². The summed E-state index contributed by atoms with van der Waals surface area (Å²) in [5.41, 5.74) is 0.694. The number of aliphatic carboxylic acids is 1. The SMILES string of the molecule is COc1cc(CC(=O)N(C)CC(C)C(=O)O)cc(OC)c1OC. The van der Waals surface area contributed by atoms with Crippen LogP contribution in [0.3, 0.4) is 0 Å². The van der Waals surface area contributed by atoms with E-state index in [2.05, 4.69) is 0 Å². The van der Waals surface area contributed by atoms with Crippen molar-refractivity contribution in [1.82, 2.24) is 4.90 Å². The van der Waals surface area contributed by atoms with Gasteiger partial charge in [0.05, 0.1) is 33.7 Å². The number of carbonyl (C=O) groups excluding carboxylic acids is 1. The minimum absolute atomic E-state index is 0.111. The number of hydrogen-bond acceptors (Lipinski definition) is 5. The van der Waals surface area contributed by atoms with Crippen molar-refractivity contribution in [1.29, 1.82) is 0 Å². The summed E-state index contributed by atoms with van der Waals surface area (Å²) in [4.78, 5) is 24.5. The van der Waals surface area contributed by atoms with Crippen molar-refractivity contribution < 1.29 is 28.9 Å². The molecule has 7 nitrogen and oxygen atoms in total. The molecule has 0 fully saturated rings. The fourth-order valence-corrected chi connectivity index (χ4v) is 2.14. The average molecular weight is 325 g/mol. The highest BCUT2D eigenvalue weighted by molar-refractivity contribution is 5.80. The van der Waals surface area contributed by atoms with E-state index >= 15 is 0 Å². The minimum atomic E-state index is -0.933. The van der Waals surface area contributed by atoms with Gasteiger partial charge in [-0.1, -0.05) is 6.92 Å². The van der Waals surface area contributed by atoms with Crippen LogP contribution in [-0.4, -0.2) is 56.8 Å². The Morgan fingerprint density at radius 1 is 1.13 bits per heavy atom. The first-order valence-electron chi connectivity index (χ1n) is 7.09. The molecule has 7 heteroatoms. The summed E-state index contributed by atoms with van der Waals surface area (Å²) in [5, 5.41) is 8.91. The Hall–Kier alpha value is -2.44. The van der Waals surface area contributed by atoms with E-state index in [1.807, 2.05) is 0 Å². The molecule has 0 aliphatic carbocycles. The summed E-state index contributed by atoms with van der Waals surface area (Å²) < 4.78 is 15.7. The molecule has 1 aromatic rings. The molecule has 0 aliphatic heterocycles. The van der Waals surface area contributed by atoms with Crippen LogP contribution in [0.15, 0.2) is 12.1 Å². The second kappa shape index (κ2) is 8.26. The van der Waals surface area contributed by atoms with E-state index in [-0.39, 0.29) is 18.9 Å². The molecule has 0 heterocycles. The molecule has 1 aromatic carbocycles. The number of hydrogen-bond donors (Lipinski definition) is 1. The summed E-state index contributed by atoms with van der Waals surface area (Å²) >= 11 is 0. The molecule has 1 unspecified atom stereocenters. The van der Waals surface area contributed by atoms with Gasteiger partial charge < -0.3 is 24.2 Å². The van der Waals surface area contributed by atoms with Crippen LogP contribution < -0.4 is 14.2 Å². The van der Waals surface area contributed by atoms with Crippen LogP contribution >= 0.6 is 0 Å². The molecule has 0 spiro atoms.